The van der Waals surface area contributed by atoms with Crippen molar-refractivity contribution >= 4 is 23.9 Å². The van der Waals surface area contributed by atoms with Gasteiger partial charge in [0.2, 0.25) is 0 Å². The first-order chi connectivity index (χ1) is 16.3. The molecule has 0 atom stereocenters. The molecule has 0 amide bonds. The Morgan fingerprint density at radius 1 is 0.412 bits per heavy atom. The average molecular weight is 489 g/mol. The van der Waals surface area contributed by atoms with Crippen LogP contribution in [0.3, 0.4) is 0 Å². The Morgan fingerprint density at radius 2 is 0.618 bits per heavy atom. The van der Waals surface area contributed by atoms with Crippen LogP contribution in [0.1, 0.15) is 128 Å². The molecule has 0 heterocycles. The predicted octanol–water partition coefficient (Wildman–Crippen LogP) is 6.29. The summed E-state index contributed by atoms with van der Waals surface area (Å²) in [5.41, 5.74) is 0. The van der Waals surface area contributed by atoms with E-state index in [0.717, 1.165) is 77.0 Å². The number of unbranched alkanes of at least 4 members (excludes halogenated alkanes) is 14. The summed E-state index contributed by atoms with van der Waals surface area (Å²) in [6.07, 6.45) is 18.4. The van der Waals surface area contributed by atoms with E-state index in [1.54, 1.807) is 0 Å². The average Bonchev–Trinajstić information content (AvgIpc) is 2.81. The highest BCUT2D eigenvalue weighted by Gasteiger charge is 2.01. The molecule has 200 valence electrons. The first-order valence-corrected chi connectivity index (χ1v) is 12.9. The zero-order valence-corrected chi connectivity index (χ0v) is 21.5. The number of hydrogen-bond donors (Lipinski definition) is 2. The highest BCUT2D eigenvalue weighted by Crippen LogP contribution is 2.12. The van der Waals surface area contributed by atoms with Gasteiger partial charge in [0.1, 0.15) is 0 Å². The third-order valence-electron chi connectivity index (χ3n) is 5.50. The Morgan fingerprint density at radius 3 is 0.824 bits per heavy atom. The van der Waals surface area contributed by atoms with Gasteiger partial charge in [-0.05, 0) is 25.7 Å². The minimum absolute atomic E-state index is 0.113. The molecule has 8 nitrogen and oxygen atoms in total. The molecular formula is C26H48O8. The smallest absolute Gasteiger partial charge is 0.305 e. The van der Waals surface area contributed by atoms with Crippen LogP contribution in [0.2, 0.25) is 0 Å². The summed E-state index contributed by atoms with van der Waals surface area (Å²) in [4.78, 5) is 42.1. The van der Waals surface area contributed by atoms with E-state index in [0.29, 0.717) is 12.8 Å². The van der Waals surface area contributed by atoms with Crippen molar-refractivity contribution < 1.29 is 38.9 Å². The van der Waals surface area contributed by atoms with E-state index < -0.39 is 11.9 Å². The number of carbonyl (C=O) groups excluding carboxylic acids is 2. The molecular weight excluding hydrogens is 440 g/mol. The van der Waals surface area contributed by atoms with Gasteiger partial charge in [-0.25, -0.2) is 0 Å². The van der Waals surface area contributed by atoms with Crippen molar-refractivity contribution in [3.8, 4) is 0 Å². The molecule has 0 aliphatic heterocycles. The summed E-state index contributed by atoms with van der Waals surface area (Å²) in [6.45, 7) is 0. The van der Waals surface area contributed by atoms with E-state index in [1.165, 1.54) is 39.9 Å². The molecule has 0 spiro atoms. The summed E-state index contributed by atoms with van der Waals surface area (Å²) in [7, 11) is 2.85. The Hall–Kier alpha value is -2.12. The molecule has 0 aromatic heterocycles. The molecule has 0 saturated carbocycles. The number of aliphatic carboxylic acids is 2. The molecule has 0 unspecified atom stereocenters. The van der Waals surface area contributed by atoms with Gasteiger partial charge in [0.15, 0.2) is 0 Å². The summed E-state index contributed by atoms with van der Waals surface area (Å²) in [6, 6.07) is 0. The van der Waals surface area contributed by atoms with Crippen molar-refractivity contribution in [2.75, 3.05) is 14.2 Å². The zero-order chi connectivity index (χ0) is 25.9. The number of rotatable bonds is 22. The first-order valence-electron chi connectivity index (χ1n) is 12.9. The zero-order valence-electron chi connectivity index (χ0n) is 21.5. The largest absolute Gasteiger partial charge is 0.481 e. The van der Waals surface area contributed by atoms with Crippen molar-refractivity contribution in [1.29, 1.82) is 0 Å². The van der Waals surface area contributed by atoms with Crippen LogP contribution < -0.4 is 0 Å². The van der Waals surface area contributed by atoms with E-state index >= 15 is 0 Å². The van der Waals surface area contributed by atoms with Gasteiger partial charge in [0.25, 0.3) is 0 Å². The van der Waals surface area contributed by atoms with E-state index in [-0.39, 0.29) is 24.8 Å². The van der Waals surface area contributed by atoms with Crippen molar-refractivity contribution in [3.63, 3.8) is 0 Å². The monoisotopic (exact) mass is 488 g/mol. The summed E-state index contributed by atoms with van der Waals surface area (Å²) in [5, 5.41) is 16.8. The number of carbonyl (C=O) groups is 4. The minimum Gasteiger partial charge on any atom is -0.481 e. The summed E-state index contributed by atoms with van der Waals surface area (Å²) in [5.74, 6) is -1.65. The molecule has 0 bridgehead atoms. The topological polar surface area (TPSA) is 127 Å². The third-order valence-corrected chi connectivity index (χ3v) is 5.50. The standard InChI is InChI=1S/C14H26O4.C12H22O4/c1-17-13(15)11-9-7-5-3-4-6-8-10-12-14(16)18-2;13-11(14)9-7-5-3-1-2-4-6-8-10-12(15)16/h3-12H2,1-2H3;1-10H2,(H,13,14)(H,15,16). The van der Waals surface area contributed by atoms with Crippen LogP contribution in [0.25, 0.3) is 0 Å². The fourth-order valence-corrected chi connectivity index (χ4v) is 3.42. The van der Waals surface area contributed by atoms with E-state index in [1.807, 2.05) is 0 Å². The van der Waals surface area contributed by atoms with Gasteiger partial charge < -0.3 is 19.7 Å². The van der Waals surface area contributed by atoms with Gasteiger partial charge in [-0.3, -0.25) is 19.2 Å². The fraction of sp³-hybridized carbons (Fsp3) is 0.846. The number of carboxylic acids is 2. The van der Waals surface area contributed by atoms with Crippen LogP contribution in [-0.2, 0) is 28.7 Å². The molecule has 0 aromatic carbocycles. The van der Waals surface area contributed by atoms with Crippen molar-refractivity contribution in [3.05, 3.63) is 0 Å². The SMILES string of the molecule is COC(=O)CCCCCCCCCCC(=O)OC.O=C(O)CCCCCCCCCCC(=O)O. The number of ether oxygens (including phenoxy) is 2. The van der Waals surface area contributed by atoms with Crippen LogP contribution in [0.15, 0.2) is 0 Å². The molecule has 8 heteroatoms. The lowest BCUT2D eigenvalue weighted by atomic mass is 10.1. The van der Waals surface area contributed by atoms with Gasteiger partial charge in [0.05, 0.1) is 14.2 Å². The second-order valence-electron chi connectivity index (χ2n) is 8.60. The van der Waals surface area contributed by atoms with Crippen molar-refractivity contribution in [2.45, 2.75) is 128 Å². The Labute approximate surface area is 205 Å². The van der Waals surface area contributed by atoms with E-state index in [9.17, 15) is 19.2 Å². The molecule has 34 heavy (non-hydrogen) atoms. The number of esters is 2. The van der Waals surface area contributed by atoms with E-state index in [2.05, 4.69) is 9.47 Å². The van der Waals surface area contributed by atoms with Crippen LogP contribution in [0.4, 0.5) is 0 Å². The Kier molecular flexibility index (Phi) is 27.2. The van der Waals surface area contributed by atoms with Crippen LogP contribution in [0, 0.1) is 0 Å². The maximum absolute atomic E-state index is 10.8. The molecule has 0 saturated heterocycles. The molecule has 0 aliphatic carbocycles. The van der Waals surface area contributed by atoms with E-state index in [4.69, 9.17) is 10.2 Å². The highest BCUT2D eigenvalue weighted by atomic mass is 16.5. The van der Waals surface area contributed by atoms with Crippen LogP contribution in [-0.4, -0.2) is 48.3 Å². The maximum Gasteiger partial charge on any atom is 0.305 e. The van der Waals surface area contributed by atoms with Gasteiger partial charge in [-0.1, -0.05) is 77.0 Å². The highest BCUT2D eigenvalue weighted by molar-refractivity contribution is 5.69. The number of hydrogen-bond acceptors (Lipinski definition) is 6. The second kappa shape index (κ2) is 27.1. The van der Waals surface area contributed by atoms with Crippen LogP contribution in [0.5, 0.6) is 0 Å². The number of methoxy groups -OCH3 is 2. The normalized spacial score (nSPS) is 10.2. The maximum atomic E-state index is 10.8. The molecule has 0 aromatic rings. The van der Waals surface area contributed by atoms with Crippen molar-refractivity contribution in [1.82, 2.24) is 0 Å². The predicted molar refractivity (Wildman–Crippen MR) is 132 cm³/mol. The fourth-order valence-electron chi connectivity index (χ4n) is 3.42. The Bertz CT molecular complexity index is 473. The Balaban J connectivity index is 0. The lowest BCUT2D eigenvalue weighted by Gasteiger charge is -2.02. The van der Waals surface area contributed by atoms with Gasteiger partial charge >= 0.3 is 23.9 Å². The summed E-state index contributed by atoms with van der Waals surface area (Å²) < 4.78 is 9.15. The van der Waals surface area contributed by atoms with Gasteiger partial charge in [-0.2, -0.15) is 0 Å². The lowest BCUT2D eigenvalue weighted by molar-refractivity contribution is -0.141. The van der Waals surface area contributed by atoms with Crippen molar-refractivity contribution in [2.24, 2.45) is 0 Å². The first kappa shape index (κ1) is 34.0. The molecule has 0 radical (unpaired) electrons. The minimum atomic E-state index is -0.714. The van der Waals surface area contributed by atoms with Gasteiger partial charge in [-0.15, -0.1) is 0 Å². The van der Waals surface area contributed by atoms with Crippen LogP contribution >= 0.6 is 0 Å². The number of carboxylic acid groups (broad SMARTS) is 2. The molecule has 0 aliphatic rings. The molecule has 2 N–H and O–H groups in total. The van der Waals surface area contributed by atoms with Gasteiger partial charge in [0, 0.05) is 25.7 Å². The third kappa shape index (κ3) is 32.1. The lowest BCUT2D eigenvalue weighted by Crippen LogP contribution is -1.99. The second-order valence-corrected chi connectivity index (χ2v) is 8.60. The summed E-state index contributed by atoms with van der Waals surface area (Å²) >= 11 is 0. The molecule has 0 rings (SSSR count). The molecule has 0 fully saturated rings. The quantitative estimate of drug-likeness (QED) is 0.134.